The fourth-order valence-electron chi connectivity index (χ4n) is 1.86. The second kappa shape index (κ2) is 6.05. The van der Waals surface area contributed by atoms with E-state index in [9.17, 15) is 19.2 Å². The molecule has 0 aliphatic carbocycles. The Morgan fingerprint density at radius 1 is 1.09 bits per heavy atom. The Morgan fingerprint density at radius 2 is 1.61 bits per heavy atom. The van der Waals surface area contributed by atoms with Crippen LogP contribution >= 0.6 is 11.3 Å². The third-order valence-corrected chi connectivity index (χ3v) is 4.32. The van der Waals surface area contributed by atoms with Crippen LogP contribution in [0.5, 0.6) is 0 Å². The Balaban J connectivity index is 2.40. The Bertz CT molecular complexity index is 848. The van der Waals surface area contributed by atoms with Crippen molar-refractivity contribution in [3.05, 3.63) is 49.6 Å². The van der Waals surface area contributed by atoms with Crippen molar-refractivity contribution in [1.82, 2.24) is 4.57 Å². The van der Waals surface area contributed by atoms with Crippen LogP contribution in [0.15, 0.2) is 23.0 Å². The molecule has 0 atom stereocenters. The minimum Gasteiger partial charge on any atom is -0.478 e. The van der Waals surface area contributed by atoms with Crippen LogP contribution < -0.4 is 10.2 Å². The van der Waals surface area contributed by atoms with E-state index in [0.29, 0.717) is 5.69 Å². The number of carboxylic acid groups (broad SMARTS) is 2. The van der Waals surface area contributed by atoms with Crippen LogP contribution in [-0.4, -0.2) is 32.6 Å². The fourth-order valence-corrected chi connectivity index (χ4v) is 2.74. The predicted octanol–water partition coefficient (Wildman–Crippen LogP) is 1.40. The number of carbonyl (C=O) groups is 3. The zero-order valence-corrected chi connectivity index (χ0v) is 12.9. The molecule has 2 rings (SSSR count). The highest BCUT2D eigenvalue weighted by atomic mass is 32.1. The number of aromatic nitrogens is 1. The largest absolute Gasteiger partial charge is 0.478 e. The molecule has 0 unspecified atom stereocenters. The van der Waals surface area contributed by atoms with Gasteiger partial charge in [0.05, 0.1) is 11.1 Å². The number of thiazole rings is 1. The van der Waals surface area contributed by atoms with Crippen LogP contribution in [0, 0.1) is 6.92 Å². The lowest BCUT2D eigenvalue weighted by atomic mass is 10.1. The highest BCUT2D eigenvalue weighted by Crippen LogP contribution is 2.18. The molecule has 0 spiro atoms. The Kier molecular flexibility index (Phi) is 4.32. The summed E-state index contributed by atoms with van der Waals surface area (Å²) >= 11 is 0.752. The maximum atomic E-state index is 12.2. The van der Waals surface area contributed by atoms with Gasteiger partial charge in [0.25, 0.3) is 5.91 Å². The first-order chi connectivity index (χ1) is 10.7. The molecule has 0 saturated carbocycles. The summed E-state index contributed by atoms with van der Waals surface area (Å²) in [6, 6.07) is 3.29. The quantitative estimate of drug-likeness (QED) is 0.775. The third-order valence-electron chi connectivity index (χ3n) is 3.19. The minimum absolute atomic E-state index is 0.0233. The summed E-state index contributed by atoms with van der Waals surface area (Å²) in [5.74, 6) is -3.24. The first kappa shape index (κ1) is 16.4. The monoisotopic (exact) mass is 336 g/mol. The highest BCUT2D eigenvalue weighted by Gasteiger charge is 2.18. The van der Waals surface area contributed by atoms with Gasteiger partial charge in [-0.3, -0.25) is 9.59 Å². The zero-order chi connectivity index (χ0) is 17.3. The molecule has 0 fully saturated rings. The van der Waals surface area contributed by atoms with Crippen molar-refractivity contribution in [1.29, 1.82) is 0 Å². The number of hydrogen-bond donors (Lipinski definition) is 3. The standard InChI is InChI=1S/C14H12N2O6S/c1-6-10(23-14(22)16(6)2)11(17)15-9-4-7(12(18)19)3-8(5-9)13(20)21/h3-5H,1-2H3,(H,15,17)(H,18,19)(H,20,21). The summed E-state index contributed by atoms with van der Waals surface area (Å²) in [5, 5.41) is 20.4. The van der Waals surface area contributed by atoms with Crippen molar-refractivity contribution in [2.75, 3.05) is 5.32 Å². The molecular weight excluding hydrogens is 324 g/mol. The van der Waals surface area contributed by atoms with Crippen molar-refractivity contribution in [3.8, 4) is 0 Å². The van der Waals surface area contributed by atoms with Crippen LogP contribution in [0.4, 0.5) is 5.69 Å². The van der Waals surface area contributed by atoms with Crippen LogP contribution in [0.2, 0.25) is 0 Å². The van der Waals surface area contributed by atoms with Crippen molar-refractivity contribution in [2.24, 2.45) is 7.05 Å². The van der Waals surface area contributed by atoms with E-state index in [1.54, 1.807) is 6.92 Å². The molecule has 9 heteroatoms. The van der Waals surface area contributed by atoms with Gasteiger partial charge in [-0.25, -0.2) is 9.59 Å². The predicted molar refractivity (Wildman–Crippen MR) is 82.6 cm³/mol. The molecule has 0 radical (unpaired) electrons. The molecule has 120 valence electrons. The Hall–Kier alpha value is -2.94. The first-order valence-electron chi connectivity index (χ1n) is 6.30. The average Bonchev–Trinajstić information content (AvgIpc) is 2.74. The van der Waals surface area contributed by atoms with E-state index >= 15 is 0 Å². The second-order valence-corrected chi connectivity index (χ2v) is 5.67. The molecular formula is C14H12N2O6S. The second-order valence-electron chi connectivity index (χ2n) is 4.70. The molecule has 2 aromatic rings. The van der Waals surface area contributed by atoms with Crippen LogP contribution in [-0.2, 0) is 7.05 Å². The maximum Gasteiger partial charge on any atom is 0.335 e. The Morgan fingerprint density at radius 3 is 2.00 bits per heavy atom. The summed E-state index contributed by atoms with van der Waals surface area (Å²) in [5.41, 5.74) is -0.0445. The van der Waals surface area contributed by atoms with Crippen LogP contribution in [0.1, 0.15) is 36.1 Å². The zero-order valence-electron chi connectivity index (χ0n) is 12.1. The molecule has 3 N–H and O–H groups in total. The summed E-state index contributed by atoms with van der Waals surface area (Å²) in [4.78, 5) is 45.7. The van der Waals surface area contributed by atoms with Gasteiger partial charge < -0.3 is 20.1 Å². The van der Waals surface area contributed by atoms with Crippen molar-refractivity contribution >= 4 is 34.9 Å². The van der Waals surface area contributed by atoms with Crippen molar-refractivity contribution in [2.45, 2.75) is 6.92 Å². The van der Waals surface area contributed by atoms with Gasteiger partial charge in [-0.1, -0.05) is 11.3 Å². The number of rotatable bonds is 4. The number of carboxylic acids is 2. The molecule has 1 aromatic carbocycles. The van der Waals surface area contributed by atoms with E-state index in [0.717, 1.165) is 29.5 Å². The highest BCUT2D eigenvalue weighted by molar-refractivity contribution is 7.11. The lowest BCUT2D eigenvalue weighted by Crippen LogP contribution is -2.14. The third kappa shape index (κ3) is 3.29. The number of aromatic carboxylic acids is 2. The number of nitrogens with one attached hydrogen (secondary N) is 1. The lowest BCUT2D eigenvalue weighted by molar-refractivity contribution is 0.0696. The normalized spacial score (nSPS) is 10.3. The van der Waals surface area contributed by atoms with Crippen molar-refractivity contribution < 1.29 is 24.6 Å². The van der Waals surface area contributed by atoms with E-state index in [-0.39, 0.29) is 26.6 Å². The van der Waals surface area contributed by atoms with Gasteiger partial charge >= 0.3 is 16.8 Å². The number of hydrogen-bond acceptors (Lipinski definition) is 5. The lowest BCUT2D eigenvalue weighted by Gasteiger charge is -2.07. The van der Waals surface area contributed by atoms with Crippen LogP contribution in [0.3, 0.4) is 0 Å². The average molecular weight is 336 g/mol. The number of carbonyl (C=O) groups excluding carboxylic acids is 1. The molecule has 0 aliphatic heterocycles. The molecule has 0 saturated heterocycles. The molecule has 8 nitrogen and oxygen atoms in total. The summed E-state index contributed by atoms with van der Waals surface area (Å²) in [6.07, 6.45) is 0. The van der Waals surface area contributed by atoms with E-state index < -0.39 is 17.8 Å². The van der Waals surface area contributed by atoms with Gasteiger partial charge in [-0.05, 0) is 25.1 Å². The van der Waals surface area contributed by atoms with Gasteiger partial charge in [0.2, 0.25) is 0 Å². The van der Waals surface area contributed by atoms with E-state index in [2.05, 4.69) is 5.32 Å². The van der Waals surface area contributed by atoms with Gasteiger partial charge in [-0.2, -0.15) is 0 Å². The number of benzene rings is 1. The summed E-state index contributed by atoms with van der Waals surface area (Å²) in [6.45, 7) is 1.60. The molecule has 23 heavy (non-hydrogen) atoms. The number of amides is 1. The van der Waals surface area contributed by atoms with Gasteiger partial charge in [0.1, 0.15) is 4.88 Å². The SMILES string of the molecule is Cc1c(C(=O)Nc2cc(C(=O)O)cc(C(=O)O)c2)sc(=O)n1C. The molecule has 1 amide bonds. The smallest absolute Gasteiger partial charge is 0.335 e. The molecule has 0 bridgehead atoms. The number of anilines is 1. The summed E-state index contributed by atoms with van der Waals surface area (Å²) in [7, 11) is 1.53. The maximum absolute atomic E-state index is 12.2. The topological polar surface area (TPSA) is 126 Å². The molecule has 1 aromatic heterocycles. The van der Waals surface area contributed by atoms with E-state index in [1.165, 1.54) is 11.6 Å². The van der Waals surface area contributed by atoms with Crippen molar-refractivity contribution in [3.63, 3.8) is 0 Å². The fraction of sp³-hybridized carbons (Fsp3) is 0.143. The number of nitrogens with zero attached hydrogens (tertiary/aromatic N) is 1. The minimum atomic E-state index is -1.32. The van der Waals surface area contributed by atoms with Gasteiger partial charge in [0.15, 0.2) is 0 Å². The summed E-state index contributed by atoms with van der Waals surface area (Å²) < 4.78 is 1.32. The van der Waals surface area contributed by atoms with Gasteiger partial charge in [-0.15, -0.1) is 0 Å². The van der Waals surface area contributed by atoms with Gasteiger partial charge in [0, 0.05) is 18.4 Å². The Labute approximate surface area is 133 Å². The molecule has 1 heterocycles. The van der Waals surface area contributed by atoms with E-state index in [4.69, 9.17) is 10.2 Å². The first-order valence-corrected chi connectivity index (χ1v) is 7.11. The van der Waals surface area contributed by atoms with Crippen LogP contribution in [0.25, 0.3) is 0 Å². The van der Waals surface area contributed by atoms with E-state index in [1.807, 2.05) is 0 Å². The molecule has 0 aliphatic rings.